The summed E-state index contributed by atoms with van der Waals surface area (Å²) in [5, 5.41) is 0.659. The van der Waals surface area contributed by atoms with Crippen molar-refractivity contribution >= 4 is 19.1 Å². The van der Waals surface area contributed by atoms with E-state index in [0.29, 0.717) is 27.5 Å². The largest absolute Gasteiger partial charge is 0.371 e. The fourth-order valence-electron chi connectivity index (χ4n) is 4.35. The molecule has 1 nitrogen and oxygen atoms in total. The first kappa shape index (κ1) is 16.2. The quantitative estimate of drug-likeness (QED) is 0.616. The summed E-state index contributed by atoms with van der Waals surface area (Å²) in [5.74, 6) is -0.961. The highest BCUT2D eigenvalue weighted by Crippen LogP contribution is 2.44. The van der Waals surface area contributed by atoms with Crippen LogP contribution >= 0.6 is 0 Å². The molecule has 2 rings (SSSR count). The maximum absolute atomic E-state index is 14.4. The van der Waals surface area contributed by atoms with E-state index >= 15 is 0 Å². The average molecular weight is 309 g/mol. The zero-order valence-corrected chi connectivity index (χ0v) is 14.7. The van der Waals surface area contributed by atoms with Gasteiger partial charge in [-0.05, 0) is 35.0 Å². The smallest absolute Gasteiger partial charge is 0.169 e. The summed E-state index contributed by atoms with van der Waals surface area (Å²) in [6.45, 7) is 13.4. The third kappa shape index (κ3) is 2.33. The van der Waals surface area contributed by atoms with Crippen molar-refractivity contribution in [2.45, 2.75) is 58.2 Å². The first-order valence-corrected chi connectivity index (χ1v) is 9.87. The Labute approximate surface area is 127 Å². The first-order valence-electron chi connectivity index (χ1n) is 7.69. The van der Waals surface area contributed by atoms with Crippen LogP contribution in [0.15, 0.2) is 24.4 Å². The van der Waals surface area contributed by atoms with Crippen LogP contribution in [0.4, 0.5) is 8.78 Å². The summed E-state index contributed by atoms with van der Waals surface area (Å²) in [7, 11) is -2.01. The molecule has 2 aromatic rings. The van der Waals surface area contributed by atoms with Crippen molar-refractivity contribution in [3.8, 4) is 0 Å². The Kier molecular flexibility index (Phi) is 4.29. The molecule has 0 atom stereocenters. The number of hydrogen-bond donors (Lipinski definition) is 0. The topological polar surface area (TPSA) is 4.93 Å². The molecule has 0 spiro atoms. The van der Waals surface area contributed by atoms with Gasteiger partial charge < -0.3 is 4.23 Å². The van der Waals surface area contributed by atoms with Crippen molar-refractivity contribution in [1.82, 2.24) is 4.23 Å². The molecule has 0 radical (unpaired) electrons. The van der Waals surface area contributed by atoms with Gasteiger partial charge in [0.25, 0.3) is 0 Å². The normalized spacial score (nSPS) is 13.1. The zero-order chi connectivity index (χ0) is 15.9. The lowest BCUT2D eigenvalue weighted by Gasteiger charge is -2.44. The van der Waals surface area contributed by atoms with Gasteiger partial charge >= 0.3 is 0 Å². The molecule has 4 heteroatoms. The average Bonchev–Trinajstić information content (AvgIpc) is 2.72. The van der Waals surface area contributed by atoms with Gasteiger partial charge in [-0.15, -0.1) is 0 Å². The van der Waals surface area contributed by atoms with E-state index in [4.69, 9.17) is 0 Å². The minimum Gasteiger partial charge on any atom is -0.371 e. The van der Waals surface area contributed by atoms with Gasteiger partial charge in [-0.2, -0.15) is 0 Å². The number of fused-ring (bicyclic) bond motifs is 1. The summed E-state index contributed by atoms with van der Waals surface area (Å²) in [6.07, 6.45) is 1.97. The van der Waals surface area contributed by atoms with Crippen LogP contribution in [0.2, 0.25) is 16.6 Å². The Morgan fingerprint density at radius 1 is 0.905 bits per heavy atom. The van der Waals surface area contributed by atoms with Crippen molar-refractivity contribution in [3.63, 3.8) is 0 Å². The summed E-state index contributed by atoms with van der Waals surface area (Å²) in [6, 6.07) is 4.27. The molecule has 0 unspecified atom stereocenters. The maximum atomic E-state index is 14.4. The van der Waals surface area contributed by atoms with Gasteiger partial charge in [0.1, 0.15) is 11.6 Å². The summed E-state index contributed by atoms with van der Waals surface area (Å²) in [5.41, 5.74) is 1.98. The third-order valence-corrected chi connectivity index (χ3v) is 11.6. The molecule has 1 aromatic carbocycles. The Balaban J connectivity index is 2.84. The molecule has 0 fully saturated rings. The Morgan fingerprint density at radius 2 is 1.43 bits per heavy atom. The van der Waals surface area contributed by atoms with E-state index in [1.54, 1.807) is 0 Å². The molecule has 0 aliphatic rings. The fourth-order valence-corrected chi connectivity index (χ4v) is 11.0. The van der Waals surface area contributed by atoms with Gasteiger partial charge in [0.15, 0.2) is 8.24 Å². The molecule has 116 valence electrons. The van der Waals surface area contributed by atoms with Crippen LogP contribution in [0.3, 0.4) is 0 Å². The van der Waals surface area contributed by atoms with E-state index in [-0.39, 0.29) is 0 Å². The van der Waals surface area contributed by atoms with Crippen LogP contribution in [-0.4, -0.2) is 12.5 Å². The van der Waals surface area contributed by atoms with E-state index < -0.39 is 19.9 Å². The highest BCUT2D eigenvalue weighted by Gasteiger charge is 2.45. The van der Waals surface area contributed by atoms with E-state index in [1.807, 2.05) is 12.3 Å². The SMILES string of the molecule is CC(C)[Si](C(C)C)(C(C)C)n1ccc2cc(F)cc(F)c21. The van der Waals surface area contributed by atoms with Crippen molar-refractivity contribution in [1.29, 1.82) is 0 Å². The molecule has 0 bridgehead atoms. The fraction of sp³-hybridized carbons (Fsp3) is 0.529. The zero-order valence-electron chi connectivity index (χ0n) is 13.7. The van der Waals surface area contributed by atoms with Gasteiger partial charge in [0.05, 0.1) is 5.52 Å². The number of benzene rings is 1. The van der Waals surface area contributed by atoms with Crippen molar-refractivity contribution in [2.24, 2.45) is 0 Å². The lowest BCUT2D eigenvalue weighted by Crippen LogP contribution is -2.51. The molecule has 0 N–H and O–H groups in total. The second kappa shape index (κ2) is 5.56. The molecular weight excluding hydrogens is 284 g/mol. The molecular formula is C17H25F2NSi. The van der Waals surface area contributed by atoms with Crippen molar-refractivity contribution in [2.75, 3.05) is 0 Å². The van der Waals surface area contributed by atoms with Crippen LogP contribution in [-0.2, 0) is 0 Å². The number of halogens is 2. The number of nitrogens with zero attached hydrogens (tertiary/aromatic N) is 1. The van der Waals surface area contributed by atoms with Crippen molar-refractivity contribution in [3.05, 3.63) is 36.0 Å². The maximum Gasteiger partial charge on any atom is 0.169 e. The van der Waals surface area contributed by atoms with E-state index in [1.165, 1.54) is 6.07 Å². The Morgan fingerprint density at radius 3 is 1.90 bits per heavy atom. The van der Waals surface area contributed by atoms with Crippen LogP contribution in [0.1, 0.15) is 41.5 Å². The van der Waals surface area contributed by atoms with Gasteiger partial charge in [0.2, 0.25) is 0 Å². The minimum atomic E-state index is -2.01. The van der Waals surface area contributed by atoms with Gasteiger partial charge in [0, 0.05) is 11.5 Å². The summed E-state index contributed by atoms with van der Waals surface area (Å²) < 4.78 is 30.0. The minimum absolute atomic E-state index is 0.450. The number of aromatic nitrogens is 1. The third-order valence-electron chi connectivity index (χ3n) is 4.89. The molecule has 21 heavy (non-hydrogen) atoms. The molecule has 0 aliphatic carbocycles. The van der Waals surface area contributed by atoms with Crippen LogP contribution in [0.25, 0.3) is 10.9 Å². The van der Waals surface area contributed by atoms with E-state index in [0.717, 1.165) is 6.07 Å². The summed E-state index contributed by atoms with van der Waals surface area (Å²) in [4.78, 5) is 0. The predicted octanol–water partition coefficient (Wildman–Crippen LogP) is 5.94. The molecule has 0 amide bonds. The lowest BCUT2D eigenvalue weighted by atomic mass is 10.2. The Hall–Kier alpha value is -1.16. The van der Waals surface area contributed by atoms with Gasteiger partial charge in [-0.3, -0.25) is 0 Å². The first-order chi connectivity index (χ1) is 9.72. The highest BCUT2D eigenvalue weighted by molar-refractivity contribution is 6.82. The van der Waals surface area contributed by atoms with Gasteiger partial charge in [-0.1, -0.05) is 41.5 Å². The summed E-state index contributed by atoms with van der Waals surface area (Å²) >= 11 is 0. The molecule has 1 aromatic heterocycles. The number of hydrogen-bond acceptors (Lipinski definition) is 0. The van der Waals surface area contributed by atoms with Crippen molar-refractivity contribution < 1.29 is 8.78 Å². The predicted molar refractivity (Wildman–Crippen MR) is 88.3 cm³/mol. The molecule has 1 heterocycles. The molecule has 0 saturated carbocycles. The van der Waals surface area contributed by atoms with Gasteiger partial charge in [-0.25, -0.2) is 8.78 Å². The molecule has 0 aliphatic heterocycles. The standard InChI is InChI=1S/C17H25F2NSi/c1-11(2)21(12(3)4,13(5)6)20-8-7-14-9-15(18)10-16(19)17(14)20/h7-13H,1-6H3. The second-order valence-corrected chi connectivity index (χ2v) is 12.6. The Bertz CT molecular complexity index is 622. The molecule has 0 saturated heterocycles. The number of rotatable bonds is 4. The second-order valence-electron chi connectivity index (χ2n) is 6.86. The highest BCUT2D eigenvalue weighted by atomic mass is 28.3. The van der Waals surface area contributed by atoms with Crippen LogP contribution in [0.5, 0.6) is 0 Å². The van der Waals surface area contributed by atoms with Crippen LogP contribution < -0.4 is 0 Å². The van der Waals surface area contributed by atoms with E-state index in [9.17, 15) is 8.78 Å². The van der Waals surface area contributed by atoms with E-state index in [2.05, 4.69) is 45.8 Å². The monoisotopic (exact) mass is 309 g/mol. The lowest BCUT2D eigenvalue weighted by molar-refractivity contribution is 0.589. The van der Waals surface area contributed by atoms with Crippen LogP contribution in [0, 0.1) is 11.6 Å².